The summed E-state index contributed by atoms with van der Waals surface area (Å²) in [5, 5.41) is 0. The zero-order chi connectivity index (χ0) is 13.9. The maximum absolute atomic E-state index is 12.3. The van der Waals surface area contributed by atoms with E-state index in [1.807, 2.05) is 32.0 Å². The SMILES string of the molecule is C=C1[C@H](CN=CN)N(C)C=C(C(C)C)C(=O)N1C. The van der Waals surface area contributed by atoms with Gasteiger partial charge in [0.15, 0.2) is 0 Å². The Hall–Kier alpha value is -1.78. The molecule has 0 fully saturated rings. The molecule has 0 bridgehead atoms. The van der Waals surface area contributed by atoms with Crippen LogP contribution in [0.25, 0.3) is 0 Å². The number of carbonyl (C=O) groups is 1. The van der Waals surface area contributed by atoms with E-state index in [4.69, 9.17) is 5.73 Å². The van der Waals surface area contributed by atoms with Gasteiger partial charge in [-0.05, 0) is 5.92 Å². The minimum absolute atomic E-state index is 0.000998. The summed E-state index contributed by atoms with van der Waals surface area (Å²) in [5.41, 5.74) is 6.79. The molecule has 18 heavy (non-hydrogen) atoms. The van der Waals surface area contributed by atoms with Crippen LogP contribution in [-0.2, 0) is 4.79 Å². The molecule has 2 N–H and O–H groups in total. The molecule has 0 unspecified atom stereocenters. The van der Waals surface area contributed by atoms with Crippen LogP contribution in [0.5, 0.6) is 0 Å². The van der Waals surface area contributed by atoms with Gasteiger partial charge < -0.3 is 15.5 Å². The molecule has 1 atom stereocenters. The van der Waals surface area contributed by atoms with Crippen LogP contribution in [0.4, 0.5) is 0 Å². The van der Waals surface area contributed by atoms with E-state index in [1.165, 1.54) is 6.34 Å². The van der Waals surface area contributed by atoms with Gasteiger partial charge in [0.1, 0.15) is 0 Å². The maximum Gasteiger partial charge on any atom is 0.255 e. The van der Waals surface area contributed by atoms with Crippen LogP contribution in [0.1, 0.15) is 13.8 Å². The third-order valence-corrected chi connectivity index (χ3v) is 3.21. The Labute approximate surface area is 109 Å². The predicted octanol–water partition coefficient (Wildman–Crippen LogP) is 0.799. The lowest BCUT2D eigenvalue weighted by atomic mass is 10.0. The molecule has 5 heteroatoms. The molecular weight excluding hydrogens is 228 g/mol. The number of likely N-dealkylation sites (N-methyl/N-ethyl adjacent to an activating group) is 2. The average Bonchev–Trinajstić information content (AvgIpc) is 2.40. The van der Waals surface area contributed by atoms with E-state index in [0.29, 0.717) is 6.54 Å². The van der Waals surface area contributed by atoms with Gasteiger partial charge in [0.25, 0.3) is 5.91 Å². The fourth-order valence-electron chi connectivity index (χ4n) is 1.94. The summed E-state index contributed by atoms with van der Waals surface area (Å²) >= 11 is 0. The number of carbonyl (C=O) groups excluding carboxylic acids is 1. The third kappa shape index (κ3) is 2.72. The Balaban J connectivity index is 3.11. The Bertz CT molecular complexity index is 398. The van der Waals surface area contributed by atoms with Crippen LogP contribution in [0.3, 0.4) is 0 Å². The average molecular weight is 250 g/mol. The summed E-state index contributed by atoms with van der Waals surface area (Å²) in [4.78, 5) is 19.9. The standard InChI is InChI=1S/C13H22N4O/c1-9(2)11-7-16(4)12(6-15-8-14)10(3)17(5)13(11)18/h7-9,12H,3,6H2,1-2,4-5H3,(H2,14,15)/t12-/m0/s1. The number of aliphatic imine (C=N–C) groups is 1. The summed E-state index contributed by atoms with van der Waals surface area (Å²) in [5.74, 6) is 0.174. The van der Waals surface area contributed by atoms with Gasteiger partial charge in [-0.3, -0.25) is 9.79 Å². The van der Waals surface area contributed by atoms with E-state index in [1.54, 1.807) is 11.9 Å². The fourth-order valence-corrected chi connectivity index (χ4v) is 1.94. The minimum atomic E-state index is -0.0463. The highest BCUT2D eigenvalue weighted by atomic mass is 16.2. The second-order valence-electron chi connectivity index (χ2n) is 4.79. The van der Waals surface area contributed by atoms with E-state index in [0.717, 1.165) is 11.3 Å². The lowest BCUT2D eigenvalue weighted by molar-refractivity contribution is -0.124. The van der Waals surface area contributed by atoms with Crippen LogP contribution >= 0.6 is 0 Å². The van der Waals surface area contributed by atoms with E-state index >= 15 is 0 Å². The molecule has 1 aliphatic heterocycles. The molecule has 0 saturated carbocycles. The number of nitrogens with zero attached hydrogens (tertiary/aromatic N) is 3. The number of amides is 1. The van der Waals surface area contributed by atoms with Crippen molar-refractivity contribution >= 4 is 12.2 Å². The first-order chi connectivity index (χ1) is 8.40. The van der Waals surface area contributed by atoms with Gasteiger partial charge >= 0.3 is 0 Å². The Morgan fingerprint density at radius 3 is 2.67 bits per heavy atom. The predicted molar refractivity (Wildman–Crippen MR) is 73.9 cm³/mol. The lowest BCUT2D eigenvalue weighted by Crippen LogP contribution is -2.37. The van der Waals surface area contributed by atoms with E-state index in [2.05, 4.69) is 11.6 Å². The maximum atomic E-state index is 12.3. The van der Waals surface area contributed by atoms with Gasteiger partial charge in [0.05, 0.1) is 18.9 Å². The molecule has 100 valence electrons. The van der Waals surface area contributed by atoms with Crippen LogP contribution in [0.15, 0.2) is 29.0 Å². The van der Waals surface area contributed by atoms with Crippen LogP contribution < -0.4 is 5.73 Å². The lowest BCUT2D eigenvalue weighted by Gasteiger charge is -2.28. The molecule has 1 aliphatic rings. The first kappa shape index (κ1) is 14.3. The number of nitrogens with two attached hydrogens (primary N) is 1. The largest absolute Gasteiger partial charge is 0.390 e. The van der Waals surface area contributed by atoms with Crippen molar-refractivity contribution in [2.24, 2.45) is 16.6 Å². The molecule has 1 rings (SSSR count). The van der Waals surface area contributed by atoms with Crippen molar-refractivity contribution in [3.63, 3.8) is 0 Å². The zero-order valence-corrected chi connectivity index (χ0v) is 11.6. The molecule has 1 heterocycles. The van der Waals surface area contributed by atoms with Crippen LogP contribution in [0, 0.1) is 5.92 Å². The van der Waals surface area contributed by atoms with Gasteiger partial charge in [-0.25, -0.2) is 0 Å². The van der Waals surface area contributed by atoms with Crippen molar-refractivity contribution in [3.8, 4) is 0 Å². The molecule has 0 aromatic heterocycles. The summed E-state index contributed by atoms with van der Waals surface area (Å²) in [6, 6.07) is -0.0463. The molecular formula is C13H22N4O. The van der Waals surface area contributed by atoms with E-state index in [-0.39, 0.29) is 17.9 Å². The fraction of sp³-hybridized carbons (Fsp3) is 0.538. The summed E-state index contributed by atoms with van der Waals surface area (Å²) in [6.45, 7) is 8.50. The number of rotatable bonds is 3. The highest BCUT2D eigenvalue weighted by Crippen LogP contribution is 2.23. The molecule has 0 saturated heterocycles. The Morgan fingerprint density at radius 1 is 1.56 bits per heavy atom. The van der Waals surface area contributed by atoms with Crippen molar-refractivity contribution in [2.75, 3.05) is 20.6 Å². The van der Waals surface area contributed by atoms with Crippen molar-refractivity contribution in [1.29, 1.82) is 0 Å². The van der Waals surface area contributed by atoms with Crippen molar-refractivity contribution < 1.29 is 4.79 Å². The second kappa shape index (κ2) is 5.71. The molecule has 1 amide bonds. The normalized spacial score (nSPS) is 21.8. The molecule has 5 nitrogen and oxygen atoms in total. The van der Waals surface area contributed by atoms with Crippen molar-refractivity contribution in [1.82, 2.24) is 9.80 Å². The topological polar surface area (TPSA) is 61.9 Å². The van der Waals surface area contributed by atoms with Gasteiger partial charge in [0.2, 0.25) is 0 Å². The number of hydrogen-bond acceptors (Lipinski definition) is 3. The second-order valence-corrected chi connectivity index (χ2v) is 4.79. The smallest absolute Gasteiger partial charge is 0.255 e. The van der Waals surface area contributed by atoms with Crippen LogP contribution in [-0.4, -0.2) is 48.7 Å². The molecule has 0 spiro atoms. The molecule has 0 aromatic carbocycles. The van der Waals surface area contributed by atoms with Gasteiger partial charge in [0, 0.05) is 31.6 Å². The summed E-state index contributed by atoms with van der Waals surface area (Å²) < 4.78 is 0. The highest BCUT2D eigenvalue weighted by molar-refractivity contribution is 5.95. The zero-order valence-electron chi connectivity index (χ0n) is 11.6. The van der Waals surface area contributed by atoms with Crippen LogP contribution in [0.2, 0.25) is 0 Å². The summed E-state index contributed by atoms with van der Waals surface area (Å²) in [7, 11) is 3.68. The van der Waals surface area contributed by atoms with Gasteiger partial charge in [-0.15, -0.1) is 0 Å². The molecule has 0 aromatic rings. The van der Waals surface area contributed by atoms with Crippen molar-refractivity contribution in [3.05, 3.63) is 24.0 Å². The quantitative estimate of drug-likeness (QED) is 0.595. The molecule has 0 aliphatic carbocycles. The van der Waals surface area contributed by atoms with E-state index in [9.17, 15) is 4.79 Å². The highest BCUT2D eigenvalue weighted by Gasteiger charge is 2.29. The third-order valence-electron chi connectivity index (χ3n) is 3.21. The first-order valence-corrected chi connectivity index (χ1v) is 6.00. The minimum Gasteiger partial charge on any atom is -0.390 e. The Morgan fingerprint density at radius 2 is 2.17 bits per heavy atom. The monoisotopic (exact) mass is 250 g/mol. The van der Waals surface area contributed by atoms with Crippen molar-refractivity contribution in [2.45, 2.75) is 19.9 Å². The van der Waals surface area contributed by atoms with E-state index < -0.39 is 0 Å². The number of hydrogen-bond donors (Lipinski definition) is 1. The van der Waals surface area contributed by atoms with Gasteiger partial charge in [-0.2, -0.15) is 0 Å². The van der Waals surface area contributed by atoms with Gasteiger partial charge in [-0.1, -0.05) is 20.4 Å². The molecule has 0 radical (unpaired) electrons. The summed E-state index contributed by atoms with van der Waals surface area (Å²) in [6.07, 6.45) is 3.17. The first-order valence-electron chi connectivity index (χ1n) is 6.00. The Kier molecular flexibility index (Phi) is 4.53.